The van der Waals surface area contributed by atoms with Crippen LogP contribution in [-0.2, 0) is 11.2 Å². The van der Waals surface area contributed by atoms with E-state index in [-0.39, 0.29) is 6.23 Å². The van der Waals surface area contributed by atoms with E-state index in [1.807, 2.05) is 0 Å². The van der Waals surface area contributed by atoms with Crippen molar-refractivity contribution in [3.05, 3.63) is 48.0 Å². The Hall–Kier alpha value is -1.41. The van der Waals surface area contributed by atoms with Crippen LogP contribution < -0.4 is 0 Å². The molecule has 2 unspecified atom stereocenters. The lowest BCUT2D eigenvalue weighted by Gasteiger charge is -2.11. The van der Waals surface area contributed by atoms with E-state index in [0.29, 0.717) is 5.92 Å². The molecule has 0 saturated heterocycles. The van der Waals surface area contributed by atoms with E-state index < -0.39 is 0 Å². The molecule has 0 N–H and O–H groups in total. The number of rotatable bonds is 6. The van der Waals surface area contributed by atoms with Crippen molar-refractivity contribution in [2.24, 2.45) is 10.9 Å². The van der Waals surface area contributed by atoms with Crippen LogP contribution in [0.15, 0.2) is 47.5 Å². The van der Waals surface area contributed by atoms with Gasteiger partial charge in [-0.25, -0.2) is 0 Å². The van der Waals surface area contributed by atoms with E-state index in [1.54, 1.807) is 0 Å². The van der Waals surface area contributed by atoms with Crippen molar-refractivity contribution in [2.45, 2.75) is 51.2 Å². The Bertz CT molecular complexity index is 492. The van der Waals surface area contributed by atoms with Gasteiger partial charge in [0.15, 0.2) is 0 Å². The molecule has 2 heteroatoms. The van der Waals surface area contributed by atoms with Gasteiger partial charge in [-0.3, -0.25) is 4.99 Å². The first-order valence-corrected chi connectivity index (χ1v) is 8.31. The Morgan fingerprint density at radius 3 is 2.95 bits per heavy atom. The van der Waals surface area contributed by atoms with E-state index in [1.165, 1.54) is 37.0 Å². The molecule has 0 radical (unpaired) electrons. The van der Waals surface area contributed by atoms with Gasteiger partial charge < -0.3 is 4.74 Å². The molecule has 0 saturated carbocycles. The highest BCUT2D eigenvalue weighted by Gasteiger charge is 2.27. The van der Waals surface area contributed by atoms with Gasteiger partial charge >= 0.3 is 0 Å². The topological polar surface area (TPSA) is 21.6 Å². The average molecular weight is 283 g/mol. The number of unbranched alkanes of at least 4 members (excludes halogenated alkanes) is 1. The lowest BCUT2D eigenvalue weighted by molar-refractivity contribution is 0.0527. The lowest BCUT2D eigenvalue weighted by atomic mass is 9.97. The van der Waals surface area contributed by atoms with Gasteiger partial charge in [0.05, 0.1) is 0 Å². The molecule has 0 aromatic heterocycles. The summed E-state index contributed by atoms with van der Waals surface area (Å²) in [4.78, 5) is 4.73. The van der Waals surface area contributed by atoms with Crippen LogP contribution in [0.25, 0.3) is 0 Å². The van der Waals surface area contributed by atoms with E-state index in [9.17, 15) is 0 Å². The van der Waals surface area contributed by atoms with Crippen LogP contribution in [0.2, 0.25) is 0 Å². The highest BCUT2D eigenvalue weighted by molar-refractivity contribution is 5.98. The molecule has 21 heavy (non-hydrogen) atoms. The van der Waals surface area contributed by atoms with E-state index in [2.05, 4.69) is 42.5 Å². The summed E-state index contributed by atoms with van der Waals surface area (Å²) in [6, 6.07) is 10.7. The zero-order valence-electron chi connectivity index (χ0n) is 12.7. The SMILES string of the molecule is C1=CC2=NC(OCCCCc3ccccc3)CC2CCC1. The average Bonchev–Trinajstić information content (AvgIpc) is 2.77. The van der Waals surface area contributed by atoms with Crippen molar-refractivity contribution in [3.8, 4) is 0 Å². The largest absolute Gasteiger partial charge is 0.357 e. The minimum Gasteiger partial charge on any atom is -0.357 e. The first-order chi connectivity index (χ1) is 10.4. The molecule has 0 bridgehead atoms. The molecule has 1 aromatic carbocycles. The monoisotopic (exact) mass is 283 g/mol. The fraction of sp³-hybridized carbons (Fsp3) is 0.526. The summed E-state index contributed by atoms with van der Waals surface area (Å²) in [5, 5.41) is 0. The maximum atomic E-state index is 5.95. The number of aliphatic imine (C=N–C) groups is 1. The first kappa shape index (κ1) is 14.5. The molecular weight excluding hydrogens is 258 g/mol. The standard InChI is InChI=1S/C19H25NO/c1-3-9-16(10-4-1)11-7-8-14-21-19-15-17-12-5-2-6-13-18(17)20-19/h1,3-4,6,9-10,13,17,19H,2,5,7-8,11-12,14-15H2. The molecule has 0 spiro atoms. The molecule has 2 atom stereocenters. The summed E-state index contributed by atoms with van der Waals surface area (Å²) in [6.45, 7) is 0.838. The van der Waals surface area contributed by atoms with Gasteiger partial charge in [0, 0.05) is 24.7 Å². The van der Waals surface area contributed by atoms with Crippen LogP contribution in [0.5, 0.6) is 0 Å². The third-order valence-corrected chi connectivity index (χ3v) is 4.42. The third-order valence-electron chi connectivity index (χ3n) is 4.42. The van der Waals surface area contributed by atoms with Gasteiger partial charge in [-0.1, -0.05) is 36.4 Å². The lowest BCUT2D eigenvalue weighted by Crippen LogP contribution is -2.11. The summed E-state index contributed by atoms with van der Waals surface area (Å²) < 4.78 is 5.95. The first-order valence-electron chi connectivity index (χ1n) is 8.31. The van der Waals surface area contributed by atoms with Crippen molar-refractivity contribution in [1.82, 2.24) is 0 Å². The fourth-order valence-corrected chi connectivity index (χ4v) is 3.22. The molecule has 0 amide bonds. The minimum absolute atomic E-state index is 0.115. The maximum absolute atomic E-state index is 5.95. The Morgan fingerprint density at radius 2 is 2.05 bits per heavy atom. The molecule has 1 heterocycles. The highest BCUT2D eigenvalue weighted by Crippen LogP contribution is 2.28. The number of hydrogen-bond donors (Lipinski definition) is 0. The van der Waals surface area contributed by atoms with E-state index >= 15 is 0 Å². The highest BCUT2D eigenvalue weighted by atomic mass is 16.5. The molecular formula is C19H25NO. The fourth-order valence-electron chi connectivity index (χ4n) is 3.22. The Balaban J connectivity index is 1.35. The molecule has 2 nitrogen and oxygen atoms in total. The van der Waals surface area contributed by atoms with Crippen molar-refractivity contribution >= 4 is 5.71 Å². The summed E-state index contributed by atoms with van der Waals surface area (Å²) in [5.41, 5.74) is 2.70. The van der Waals surface area contributed by atoms with Crippen LogP contribution in [0.1, 0.15) is 44.1 Å². The second-order valence-corrected chi connectivity index (χ2v) is 6.09. The molecule has 2 aliphatic rings. The quantitative estimate of drug-likeness (QED) is 0.702. The van der Waals surface area contributed by atoms with Crippen molar-refractivity contribution in [1.29, 1.82) is 0 Å². The van der Waals surface area contributed by atoms with Gasteiger partial charge in [-0.2, -0.15) is 0 Å². The minimum atomic E-state index is 0.115. The van der Waals surface area contributed by atoms with Crippen molar-refractivity contribution < 1.29 is 4.74 Å². The second kappa shape index (κ2) is 7.56. The number of fused-ring (bicyclic) bond motifs is 1. The van der Waals surface area contributed by atoms with E-state index in [0.717, 1.165) is 25.9 Å². The van der Waals surface area contributed by atoms with Gasteiger partial charge in [0.25, 0.3) is 0 Å². The predicted octanol–water partition coefficient (Wildman–Crippen LogP) is 4.55. The number of hydrogen-bond acceptors (Lipinski definition) is 2. The molecule has 112 valence electrons. The van der Waals surface area contributed by atoms with Gasteiger partial charge in [-0.05, 0) is 50.2 Å². The third kappa shape index (κ3) is 4.28. The molecule has 1 aliphatic heterocycles. The van der Waals surface area contributed by atoms with Crippen molar-refractivity contribution in [3.63, 3.8) is 0 Å². The zero-order chi connectivity index (χ0) is 14.3. The molecule has 1 aliphatic carbocycles. The van der Waals surface area contributed by atoms with Crippen LogP contribution in [-0.4, -0.2) is 18.5 Å². The Kier molecular flexibility index (Phi) is 5.23. The van der Waals surface area contributed by atoms with Crippen molar-refractivity contribution in [2.75, 3.05) is 6.61 Å². The van der Waals surface area contributed by atoms with E-state index in [4.69, 9.17) is 9.73 Å². The second-order valence-electron chi connectivity index (χ2n) is 6.09. The van der Waals surface area contributed by atoms with Crippen LogP contribution in [0, 0.1) is 5.92 Å². The number of ether oxygens (including phenoxy) is 1. The number of benzene rings is 1. The predicted molar refractivity (Wildman–Crippen MR) is 87.7 cm³/mol. The Labute approximate surface area is 127 Å². The number of allylic oxidation sites excluding steroid dienone is 2. The van der Waals surface area contributed by atoms with Crippen LogP contribution in [0.3, 0.4) is 0 Å². The van der Waals surface area contributed by atoms with Crippen LogP contribution in [0.4, 0.5) is 0 Å². The smallest absolute Gasteiger partial charge is 0.149 e. The number of nitrogens with zero attached hydrogens (tertiary/aromatic N) is 1. The van der Waals surface area contributed by atoms with Gasteiger partial charge in [0.2, 0.25) is 0 Å². The summed E-state index contributed by atoms with van der Waals surface area (Å²) in [5.74, 6) is 0.651. The molecule has 1 aromatic rings. The summed E-state index contributed by atoms with van der Waals surface area (Å²) in [6.07, 6.45) is 12.9. The maximum Gasteiger partial charge on any atom is 0.149 e. The summed E-state index contributed by atoms with van der Waals surface area (Å²) in [7, 11) is 0. The zero-order valence-corrected chi connectivity index (χ0v) is 12.7. The van der Waals surface area contributed by atoms with Crippen LogP contribution >= 0.6 is 0 Å². The normalized spacial score (nSPS) is 24.5. The van der Waals surface area contributed by atoms with Gasteiger partial charge in [-0.15, -0.1) is 0 Å². The van der Waals surface area contributed by atoms with Gasteiger partial charge in [0.1, 0.15) is 6.23 Å². The molecule has 0 fully saturated rings. The summed E-state index contributed by atoms with van der Waals surface area (Å²) >= 11 is 0. The Morgan fingerprint density at radius 1 is 1.14 bits per heavy atom. The molecule has 3 rings (SSSR count). The number of aryl methyl sites for hydroxylation is 1.